The molecule has 1 aromatic heterocycles. The molecule has 1 atom stereocenters. The number of methoxy groups -OCH3 is 1. The van der Waals surface area contributed by atoms with Crippen LogP contribution in [0.3, 0.4) is 0 Å². The number of aromatic nitrogens is 2. The summed E-state index contributed by atoms with van der Waals surface area (Å²) in [6.07, 6.45) is 0.725. The number of aryl methyl sites for hydroxylation is 3. The van der Waals surface area contributed by atoms with Gasteiger partial charge in [-0.2, -0.15) is 5.10 Å². The first kappa shape index (κ1) is 15.4. The quantitative estimate of drug-likeness (QED) is 0.919. The highest BCUT2D eigenvalue weighted by Crippen LogP contribution is 2.34. The van der Waals surface area contributed by atoms with Crippen LogP contribution in [0.4, 0.5) is 0 Å². The lowest BCUT2D eigenvalue weighted by atomic mass is 10.1. The summed E-state index contributed by atoms with van der Waals surface area (Å²) in [5, 5.41) is 4.43. The molecule has 5 nitrogen and oxygen atoms in total. The van der Waals surface area contributed by atoms with Crippen LogP contribution in [0.15, 0.2) is 18.2 Å². The van der Waals surface area contributed by atoms with Gasteiger partial charge in [-0.3, -0.25) is 0 Å². The van der Waals surface area contributed by atoms with Gasteiger partial charge in [-0.05, 0) is 44.9 Å². The van der Waals surface area contributed by atoms with Crippen molar-refractivity contribution in [1.29, 1.82) is 0 Å². The van der Waals surface area contributed by atoms with Gasteiger partial charge >= 0.3 is 0 Å². The maximum absolute atomic E-state index is 6.06. The Morgan fingerprint density at radius 1 is 1.29 bits per heavy atom. The third-order valence-corrected chi connectivity index (χ3v) is 3.34. The molecule has 2 aromatic rings. The van der Waals surface area contributed by atoms with Crippen molar-refractivity contribution >= 4 is 0 Å². The minimum atomic E-state index is 0.0511. The molecule has 0 bridgehead atoms. The van der Waals surface area contributed by atoms with Crippen LogP contribution in [-0.4, -0.2) is 22.9 Å². The topological polar surface area (TPSA) is 62.3 Å². The second-order valence-electron chi connectivity index (χ2n) is 5.43. The molecule has 0 saturated heterocycles. The third kappa shape index (κ3) is 3.36. The van der Waals surface area contributed by atoms with Crippen LogP contribution in [0, 0.1) is 13.8 Å². The lowest BCUT2D eigenvalue weighted by Gasteiger charge is -2.13. The summed E-state index contributed by atoms with van der Waals surface area (Å²) < 4.78 is 13.2. The Morgan fingerprint density at radius 3 is 2.62 bits per heavy atom. The van der Waals surface area contributed by atoms with Crippen molar-refractivity contribution in [2.24, 2.45) is 12.8 Å². The number of benzene rings is 1. The first-order valence-electron chi connectivity index (χ1n) is 7.03. The molecule has 2 rings (SSSR count). The van der Waals surface area contributed by atoms with Crippen molar-refractivity contribution in [2.75, 3.05) is 7.11 Å². The Kier molecular flexibility index (Phi) is 4.53. The number of rotatable bonds is 5. The monoisotopic (exact) mass is 289 g/mol. The van der Waals surface area contributed by atoms with E-state index >= 15 is 0 Å². The van der Waals surface area contributed by atoms with Crippen LogP contribution in [-0.2, 0) is 13.5 Å². The van der Waals surface area contributed by atoms with Gasteiger partial charge in [-0.1, -0.05) is 6.07 Å². The number of ether oxygens (including phenoxy) is 2. The first-order chi connectivity index (χ1) is 9.92. The summed E-state index contributed by atoms with van der Waals surface area (Å²) in [5.74, 6) is 2.10. The molecule has 1 aromatic carbocycles. The van der Waals surface area contributed by atoms with Crippen LogP contribution >= 0.6 is 0 Å². The minimum Gasteiger partial charge on any atom is -0.493 e. The average molecular weight is 289 g/mol. The van der Waals surface area contributed by atoms with Crippen molar-refractivity contribution < 1.29 is 9.47 Å². The lowest BCUT2D eigenvalue weighted by Crippen LogP contribution is -2.18. The molecule has 0 saturated carbocycles. The highest BCUT2D eigenvalue weighted by Gasteiger charge is 2.18. The van der Waals surface area contributed by atoms with E-state index in [0.29, 0.717) is 17.4 Å². The van der Waals surface area contributed by atoms with E-state index in [2.05, 4.69) is 5.10 Å². The Morgan fingerprint density at radius 2 is 2.00 bits per heavy atom. The fraction of sp³-hybridized carbons (Fsp3) is 0.438. The second kappa shape index (κ2) is 6.18. The Hall–Kier alpha value is -2.01. The summed E-state index contributed by atoms with van der Waals surface area (Å²) in [5.41, 5.74) is 9.02. The lowest BCUT2D eigenvalue weighted by molar-refractivity contribution is 0.363. The number of hydrogen-bond acceptors (Lipinski definition) is 4. The molecule has 114 valence electrons. The normalized spacial score (nSPS) is 12.3. The Balaban J connectivity index is 2.39. The van der Waals surface area contributed by atoms with Crippen molar-refractivity contribution in [2.45, 2.75) is 33.2 Å². The summed E-state index contributed by atoms with van der Waals surface area (Å²) in [7, 11) is 3.51. The number of hydrogen-bond donors (Lipinski definition) is 1. The van der Waals surface area contributed by atoms with E-state index in [0.717, 1.165) is 23.2 Å². The van der Waals surface area contributed by atoms with Gasteiger partial charge in [0, 0.05) is 18.7 Å². The van der Waals surface area contributed by atoms with Crippen LogP contribution in [0.2, 0.25) is 0 Å². The molecule has 21 heavy (non-hydrogen) atoms. The molecule has 0 aliphatic heterocycles. The molecule has 1 heterocycles. The number of nitrogens with two attached hydrogens (primary N) is 1. The van der Waals surface area contributed by atoms with E-state index < -0.39 is 0 Å². The zero-order valence-corrected chi connectivity index (χ0v) is 13.3. The first-order valence-corrected chi connectivity index (χ1v) is 7.03. The largest absolute Gasteiger partial charge is 0.493 e. The van der Waals surface area contributed by atoms with Crippen molar-refractivity contribution in [3.05, 3.63) is 35.0 Å². The van der Waals surface area contributed by atoms with Crippen LogP contribution in [0.5, 0.6) is 17.4 Å². The van der Waals surface area contributed by atoms with Gasteiger partial charge in [-0.15, -0.1) is 0 Å². The average Bonchev–Trinajstić information content (AvgIpc) is 2.67. The molecule has 0 spiro atoms. The zero-order chi connectivity index (χ0) is 15.6. The highest BCUT2D eigenvalue weighted by molar-refractivity contribution is 5.46. The van der Waals surface area contributed by atoms with Crippen molar-refractivity contribution in [3.8, 4) is 17.4 Å². The standard InChI is InChI=1S/C16H23N3O2/c1-10-6-7-14(15(8-10)20-5)21-16-13(9-11(2)17)12(3)18-19(16)4/h6-8,11H,9,17H2,1-5H3. The molecule has 2 N–H and O–H groups in total. The maximum Gasteiger partial charge on any atom is 0.221 e. The van der Waals surface area contributed by atoms with Crippen LogP contribution < -0.4 is 15.2 Å². The molecule has 1 unspecified atom stereocenters. The Bertz CT molecular complexity index is 633. The summed E-state index contributed by atoms with van der Waals surface area (Å²) in [4.78, 5) is 0. The SMILES string of the molecule is COc1cc(C)ccc1Oc1c(CC(C)N)c(C)nn1C. The highest BCUT2D eigenvalue weighted by atomic mass is 16.5. The van der Waals surface area contributed by atoms with Crippen LogP contribution in [0.25, 0.3) is 0 Å². The van der Waals surface area contributed by atoms with Gasteiger partial charge in [-0.25, -0.2) is 4.68 Å². The Labute approximate surface area is 125 Å². The van der Waals surface area contributed by atoms with E-state index in [1.54, 1.807) is 11.8 Å². The van der Waals surface area contributed by atoms with Gasteiger partial charge < -0.3 is 15.2 Å². The van der Waals surface area contributed by atoms with E-state index in [4.69, 9.17) is 15.2 Å². The minimum absolute atomic E-state index is 0.0511. The molecule has 0 amide bonds. The molecule has 0 aliphatic rings. The van der Waals surface area contributed by atoms with E-state index in [-0.39, 0.29) is 6.04 Å². The predicted molar refractivity (Wildman–Crippen MR) is 83.1 cm³/mol. The van der Waals surface area contributed by atoms with Crippen molar-refractivity contribution in [1.82, 2.24) is 9.78 Å². The van der Waals surface area contributed by atoms with Gasteiger partial charge in [0.15, 0.2) is 11.5 Å². The third-order valence-electron chi connectivity index (χ3n) is 3.34. The molecular formula is C16H23N3O2. The van der Waals surface area contributed by atoms with Gasteiger partial charge in [0.1, 0.15) is 0 Å². The van der Waals surface area contributed by atoms with Gasteiger partial charge in [0.05, 0.1) is 12.8 Å². The number of nitrogens with zero attached hydrogens (tertiary/aromatic N) is 2. The molecule has 0 aliphatic carbocycles. The molecular weight excluding hydrogens is 266 g/mol. The summed E-state index contributed by atoms with van der Waals surface area (Å²) >= 11 is 0. The smallest absolute Gasteiger partial charge is 0.221 e. The van der Waals surface area contributed by atoms with Gasteiger partial charge in [0.25, 0.3) is 0 Å². The van der Waals surface area contributed by atoms with Crippen molar-refractivity contribution in [3.63, 3.8) is 0 Å². The molecule has 0 fully saturated rings. The fourth-order valence-corrected chi connectivity index (χ4v) is 2.33. The maximum atomic E-state index is 6.06. The molecule has 5 heteroatoms. The predicted octanol–water partition coefficient (Wildman–Crippen LogP) is 2.73. The van der Waals surface area contributed by atoms with E-state index in [1.807, 2.05) is 46.0 Å². The zero-order valence-electron chi connectivity index (χ0n) is 13.3. The fourth-order valence-electron chi connectivity index (χ4n) is 2.33. The van der Waals surface area contributed by atoms with Gasteiger partial charge in [0.2, 0.25) is 5.88 Å². The second-order valence-corrected chi connectivity index (χ2v) is 5.43. The van der Waals surface area contributed by atoms with Crippen LogP contribution in [0.1, 0.15) is 23.7 Å². The molecule has 0 radical (unpaired) electrons. The summed E-state index contributed by atoms with van der Waals surface area (Å²) in [6.45, 7) is 5.96. The van der Waals surface area contributed by atoms with E-state index in [9.17, 15) is 0 Å². The van der Waals surface area contributed by atoms with E-state index in [1.165, 1.54) is 0 Å². The summed E-state index contributed by atoms with van der Waals surface area (Å²) in [6, 6.07) is 5.90.